The fourth-order valence-corrected chi connectivity index (χ4v) is 0. The van der Waals surface area contributed by atoms with Crippen molar-refractivity contribution in [1.29, 1.82) is 0 Å². The van der Waals surface area contributed by atoms with Crippen LogP contribution in [0, 0.1) is 0 Å². The Morgan fingerprint density at radius 3 is 1.71 bits per heavy atom. The van der Waals surface area contributed by atoms with E-state index in [-0.39, 0.29) is 56.6 Å². The van der Waals surface area contributed by atoms with Crippen molar-refractivity contribution in [1.82, 2.24) is 0 Å². The molecule has 0 rings (SSSR count). The van der Waals surface area contributed by atoms with Crippen LogP contribution in [-0.2, 0) is 11.1 Å². The molecule has 2 nitrogen and oxygen atoms in total. The van der Waals surface area contributed by atoms with E-state index in [1.807, 2.05) is 0 Å². The zero-order valence-electron chi connectivity index (χ0n) is 3.84. The molecule has 0 heterocycles. The van der Waals surface area contributed by atoms with Crippen LogP contribution in [0.25, 0.3) is 0 Å². The van der Waals surface area contributed by atoms with Crippen LogP contribution in [0.15, 0.2) is 0 Å². The zero-order chi connectivity index (χ0) is 5.15. The normalized spacial score (nSPS) is 13.1. The summed E-state index contributed by atoms with van der Waals surface area (Å²) >= 11 is -1.62. The van der Waals surface area contributed by atoms with Gasteiger partial charge in [-0.2, -0.15) is 0 Å². The maximum atomic E-state index is 9.81. The first-order valence-corrected chi connectivity index (χ1v) is 2.91. The SMILES string of the molecule is CC(C)S(=O)O.[KH]. The molecule has 1 unspecified atom stereocenters. The van der Waals surface area contributed by atoms with Crippen LogP contribution in [-0.4, -0.2) is 65.4 Å². The molecular formula is C3H9KO2S. The van der Waals surface area contributed by atoms with Crippen molar-refractivity contribution in [2.75, 3.05) is 0 Å². The second kappa shape index (κ2) is 5.88. The molecule has 0 aliphatic heterocycles. The van der Waals surface area contributed by atoms with E-state index in [0.717, 1.165) is 0 Å². The van der Waals surface area contributed by atoms with Gasteiger partial charge in [-0.1, -0.05) is 0 Å². The quantitative estimate of drug-likeness (QED) is 0.419. The summed E-state index contributed by atoms with van der Waals surface area (Å²) in [7, 11) is 0. The fraction of sp³-hybridized carbons (Fsp3) is 1.00. The first-order chi connectivity index (χ1) is 2.64. The molecule has 1 atom stereocenters. The van der Waals surface area contributed by atoms with E-state index >= 15 is 0 Å². The molecule has 4 heteroatoms. The standard InChI is InChI=1S/C3H8O2S.K.H/c1-3(2)6(4)5;;/h3H,1-2H3,(H,4,5);;. The molecule has 40 valence electrons. The molecule has 0 fully saturated rings. The summed E-state index contributed by atoms with van der Waals surface area (Å²) in [4.78, 5) is 0. The number of hydrogen-bond donors (Lipinski definition) is 1. The molecule has 0 aromatic rings. The summed E-state index contributed by atoms with van der Waals surface area (Å²) in [6.07, 6.45) is 0. The molecule has 0 amide bonds. The molecule has 7 heavy (non-hydrogen) atoms. The fourth-order valence-electron chi connectivity index (χ4n) is 0. The van der Waals surface area contributed by atoms with Gasteiger partial charge in [0.2, 0.25) is 0 Å². The third-order valence-corrected chi connectivity index (χ3v) is 1.21. The predicted molar refractivity (Wildman–Crippen MR) is 33.1 cm³/mol. The Morgan fingerprint density at radius 2 is 1.71 bits per heavy atom. The van der Waals surface area contributed by atoms with Crippen molar-refractivity contribution in [2.45, 2.75) is 19.1 Å². The van der Waals surface area contributed by atoms with Gasteiger partial charge < -0.3 is 4.55 Å². The monoisotopic (exact) mass is 148 g/mol. The molecular weight excluding hydrogens is 139 g/mol. The van der Waals surface area contributed by atoms with Gasteiger partial charge in [0.1, 0.15) is 0 Å². The van der Waals surface area contributed by atoms with Gasteiger partial charge >= 0.3 is 51.4 Å². The van der Waals surface area contributed by atoms with Crippen molar-refractivity contribution >= 4 is 62.5 Å². The Labute approximate surface area is 88.8 Å². The van der Waals surface area contributed by atoms with Crippen LogP contribution in [0.5, 0.6) is 0 Å². The van der Waals surface area contributed by atoms with Gasteiger partial charge in [-0.3, -0.25) is 0 Å². The average Bonchev–Trinajstić information content (AvgIpc) is 1.36. The van der Waals surface area contributed by atoms with Crippen molar-refractivity contribution in [3.05, 3.63) is 0 Å². The van der Waals surface area contributed by atoms with Crippen molar-refractivity contribution < 1.29 is 8.76 Å². The van der Waals surface area contributed by atoms with Gasteiger partial charge in [0, 0.05) is 0 Å². The van der Waals surface area contributed by atoms with E-state index in [9.17, 15) is 4.21 Å². The summed E-state index contributed by atoms with van der Waals surface area (Å²) in [6, 6.07) is 0. The molecule has 0 bridgehead atoms. The summed E-state index contributed by atoms with van der Waals surface area (Å²) in [5.74, 6) is 0. The molecule has 0 aliphatic carbocycles. The van der Waals surface area contributed by atoms with Crippen molar-refractivity contribution in [3.8, 4) is 0 Å². The molecule has 0 saturated carbocycles. The van der Waals surface area contributed by atoms with E-state index in [0.29, 0.717) is 0 Å². The molecule has 0 aromatic carbocycles. The topological polar surface area (TPSA) is 37.3 Å². The molecule has 0 saturated heterocycles. The van der Waals surface area contributed by atoms with Gasteiger partial charge in [0.05, 0.1) is 5.25 Å². The average molecular weight is 148 g/mol. The second-order valence-corrected chi connectivity index (χ2v) is 2.82. The van der Waals surface area contributed by atoms with Crippen molar-refractivity contribution in [3.63, 3.8) is 0 Å². The van der Waals surface area contributed by atoms with E-state index < -0.39 is 11.1 Å². The van der Waals surface area contributed by atoms with Gasteiger partial charge in [-0.25, -0.2) is 4.21 Å². The summed E-state index contributed by atoms with van der Waals surface area (Å²) in [5, 5.41) is -0.120. The Morgan fingerprint density at radius 1 is 1.57 bits per heavy atom. The minimum absolute atomic E-state index is 0. The van der Waals surface area contributed by atoms with E-state index in [1.54, 1.807) is 13.8 Å². The number of hydrogen-bond acceptors (Lipinski definition) is 1. The zero-order valence-corrected chi connectivity index (χ0v) is 4.66. The predicted octanol–water partition coefficient (Wildman–Crippen LogP) is -0.0320. The van der Waals surface area contributed by atoms with Crippen LogP contribution in [0.3, 0.4) is 0 Å². The van der Waals surface area contributed by atoms with Gasteiger partial charge in [-0.15, -0.1) is 0 Å². The van der Waals surface area contributed by atoms with Crippen LogP contribution in [0.1, 0.15) is 13.8 Å². The van der Waals surface area contributed by atoms with Gasteiger partial charge in [0.25, 0.3) is 0 Å². The third kappa shape index (κ3) is 7.75. The summed E-state index contributed by atoms with van der Waals surface area (Å²) in [5.41, 5.74) is 0. The van der Waals surface area contributed by atoms with E-state index in [2.05, 4.69) is 0 Å². The third-order valence-electron chi connectivity index (χ3n) is 0.403. The number of rotatable bonds is 1. The first-order valence-electron chi connectivity index (χ1n) is 1.74. The molecule has 0 spiro atoms. The Bertz CT molecular complexity index is 64.0. The van der Waals surface area contributed by atoms with E-state index in [1.165, 1.54) is 0 Å². The minimum atomic E-state index is -1.62. The van der Waals surface area contributed by atoms with Gasteiger partial charge in [-0.05, 0) is 13.8 Å². The van der Waals surface area contributed by atoms with Crippen LogP contribution < -0.4 is 0 Å². The molecule has 0 aliphatic rings. The first kappa shape index (κ1) is 11.5. The van der Waals surface area contributed by atoms with E-state index in [4.69, 9.17) is 4.55 Å². The Balaban J connectivity index is 0. The van der Waals surface area contributed by atoms with Crippen LogP contribution >= 0.6 is 0 Å². The molecule has 1 N–H and O–H groups in total. The van der Waals surface area contributed by atoms with Gasteiger partial charge in [0.15, 0.2) is 11.1 Å². The summed E-state index contributed by atoms with van der Waals surface area (Å²) in [6.45, 7) is 3.38. The summed E-state index contributed by atoms with van der Waals surface area (Å²) < 4.78 is 17.9. The van der Waals surface area contributed by atoms with Crippen molar-refractivity contribution in [2.24, 2.45) is 0 Å². The Hall–Kier alpha value is 1.75. The Kier molecular flexibility index (Phi) is 9.68. The van der Waals surface area contributed by atoms with Crippen LogP contribution in [0.4, 0.5) is 0 Å². The van der Waals surface area contributed by atoms with Crippen LogP contribution in [0.2, 0.25) is 0 Å². The molecule has 0 aromatic heterocycles. The molecule has 0 radical (unpaired) electrons. The second-order valence-electron chi connectivity index (χ2n) is 1.32. The maximum absolute atomic E-state index is 9.81.